The first-order chi connectivity index (χ1) is 15.3. The summed E-state index contributed by atoms with van der Waals surface area (Å²) in [4.78, 5) is 25.5. The monoisotopic (exact) mass is 494 g/mol. The first-order valence-electron chi connectivity index (χ1n) is 9.77. The Kier molecular flexibility index (Phi) is 8.16. The minimum absolute atomic E-state index is 0.107. The van der Waals surface area contributed by atoms with E-state index in [1.54, 1.807) is 22.8 Å². The number of nitrogens with zero attached hydrogens (tertiary/aromatic N) is 3. The summed E-state index contributed by atoms with van der Waals surface area (Å²) in [5.74, 6) is 0.625. The fraction of sp³-hybridized carbons (Fsp3) is 0.333. The van der Waals surface area contributed by atoms with Gasteiger partial charge in [-0.3, -0.25) is 4.79 Å². The van der Waals surface area contributed by atoms with Gasteiger partial charge in [-0.15, -0.1) is 21.5 Å². The van der Waals surface area contributed by atoms with Crippen LogP contribution in [0.15, 0.2) is 35.5 Å². The van der Waals surface area contributed by atoms with Gasteiger partial charge in [0.15, 0.2) is 17.1 Å². The Bertz CT molecular complexity index is 1120. The van der Waals surface area contributed by atoms with Crippen LogP contribution in [0.25, 0.3) is 0 Å². The first kappa shape index (κ1) is 24.1. The van der Waals surface area contributed by atoms with Gasteiger partial charge in [-0.1, -0.05) is 36.4 Å². The summed E-state index contributed by atoms with van der Waals surface area (Å²) in [7, 11) is 3.13. The number of aromatic nitrogens is 3. The second-order valence-corrected chi connectivity index (χ2v) is 9.27. The van der Waals surface area contributed by atoms with Crippen LogP contribution in [0.5, 0.6) is 5.75 Å². The van der Waals surface area contributed by atoms with E-state index in [1.807, 2.05) is 33.0 Å². The largest absolute Gasteiger partial charge is 0.483 e. The molecule has 3 rings (SSSR count). The van der Waals surface area contributed by atoms with Gasteiger partial charge < -0.3 is 19.4 Å². The van der Waals surface area contributed by atoms with E-state index in [0.29, 0.717) is 32.3 Å². The lowest BCUT2D eigenvalue weighted by molar-refractivity contribution is -0.113. The average molecular weight is 495 g/mol. The van der Waals surface area contributed by atoms with Gasteiger partial charge in [0.2, 0.25) is 5.91 Å². The Morgan fingerprint density at radius 1 is 1.31 bits per heavy atom. The van der Waals surface area contributed by atoms with Gasteiger partial charge in [-0.05, 0) is 37.6 Å². The second kappa shape index (κ2) is 10.8. The quantitative estimate of drug-likeness (QED) is 0.338. The van der Waals surface area contributed by atoms with Crippen molar-refractivity contribution in [3.05, 3.63) is 51.6 Å². The summed E-state index contributed by atoms with van der Waals surface area (Å²) >= 11 is 8.61. The molecule has 2 aromatic heterocycles. The summed E-state index contributed by atoms with van der Waals surface area (Å²) in [6.45, 7) is 3.85. The first-order valence-corrected chi connectivity index (χ1v) is 12.0. The Labute approximate surface area is 199 Å². The number of aryl methyl sites for hydroxylation is 1. The van der Waals surface area contributed by atoms with E-state index < -0.39 is 5.97 Å². The molecule has 8 nitrogen and oxygen atoms in total. The van der Waals surface area contributed by atoms with E-state index in [1.165, 1.54) is 30.2 Å². The average Bonchev–Trinajstić information content (AvgIpc) is 3.34. The zero-order valence-corrected chi connectivity index (χ0v) is 20.4. The van der Waals surface area contributed by atoms with Gasteiger partial charge in [0.1, 0.15) is 10.8 Å². The van der Waals surface area contributed by atoms with Crippen LogP contribution in [0.4, 0.5) is 5.00 Å². The zero-order valence-electron chi connectivity index (χ0n) is 18.0. The normalized spacial score (nSPS) is 11.8. The van der Waals surface area contributed by atoms with Crippen LogP contribution in [0, 0.1) is 0 Å². The number of anilines is 1. The molecule has 0 radical (unpaired) electrons. The van der Waals surface area contributed by atoms with E-state index in [4.69, 9.17) is 21.1 Å². The maximum atomic E-state index is 12.5. The smallest absolute Gasteiger partial charge is 0.340 e. The number of benzene rings is 1. The summed E-state index contributed by atoms with van der Waals surface area (Å²) in [6.07, 6.45) is 0.395. The lowest BCUT2D eigenvalue weighted by atomic mass is 10.2. The number of carbonyl (C=O) groups is 2. The van der Waals surface area contributed by atoms with Crippen LogP contribution < -0.4 is 10.1 Å². The van der Waals surface area contributed by atoms with E-state index in [9.17, 15) is 9.59 Å². The number of methoxy groups -OCH3 is 1. The summed E-state index contributed by atoms with van der Waals surface area (Å²) < 4.78 is 12.5. The van der Waals surface area contributed by atoms with Gasteiger partial charge in [-0.25, -0.2) is 4.79 Å². The topological polar surface area (TPSA) is 95.3 Å². The molecule has 32 heavy (non-hydrogen) atoms. The fourth-order valence-electron chi connectivity index (χ4n) is 2.87. The van der Waals surface area contributed by atoms with Gasteiger partial charge in [0.05, 0.1) is 18.4 Å². The van der Waals surface area contributed by atoms with Crippen molar-refractivity contribution in [2.75, 3.05) is 18.2 Å². The van der Waals surface area contributed by atoms with Gasteiger partial charge in [0.25, 0.3) is 0 Å². The van der Waals surface area contributed by atoms with E-state index >= 15 is 0 Å². The van der Waals surface area contributed by atoms with Crippen LogP contribution in [0.1, 0.15) is 41.0 Å². The Balaban J connectivity index is 1.62. The van der Waals surface area contributed by atoms with Gasteiger partial charge in [0, 0.05) is 16.9 Å². The SMILES string of the molecule is CCc1cc(C(=O)OC)c(NC(=O)CSc2nnc(C(C)Oc3cccc(Cl)c3)n2C)s1. The summed E-state index contributed by atoms with van der Waals surface area (Å²) in [6, 6.07) is 8.87. The highest BCUT2D eigenvalue weighted by Crippen LogP contribution is 2.30. The molecule has 11 heteroatoms. The van der Waals surface area contributed by atoms with E-state index in [2.05, 4.69) is 15.5 Å². The van der Waals surface area contributed by atoms with Crippen molar-refractivity contribution in [1.29, 1.82) is 0 Å². The molecule has 0 aliphatic heterocycles. The van der Waals surface area contributed by atoms with Crippen LogP contribution in [0.2, 0.25) is 5.02 Å². The minimum atomic E-state index is -0.476. The number of halogens is 1. The number of nitrogens with one attached hydrogen (secondary N) is 1. The van der Waals surface area contributed by atoms with Crippen molar-refractivity contribution < 1.29 is 19.1 Å². The Morgan fingerprint density at radius 3 is 2.78 bits per heavy atom. The number of carbonyl (C=O) groups excluding carboxylic acids is 2. The number of ether oxygens (including phenoxy) is 2. The molecular weight excluding hydrogens is 472 g/mol. The van der Waals surface area contributed by atoms with Gasteiger partial charge in [-0.2, -0.15) is 0 Å². The highest BCUT2D eigenvalue weighted by atomic mass is 35.5. The number of thioether (sulfide) groups is 1. The number of hydrogen-bond acceptors (Lipinski definition) is 8. The molecule has 0 spiro atoms. The van der Waals surface area contributed by atoms with E-state index in [-0.39, 0.29) is 17.8 Å². The molecule has 2 heterocycles. The Morgan fingerprint density at radius 2 is 2.09 bits per heavy atom. The van der Waals surface area contributed by atoms with Crippen molar-refractivity contribution in [1.82, 2.24) is 14.8 Å². The van der Waals surface area contributed by atoms with Crippen LogP contribution in [0.3, 0.4) is 0 Å². The highest BCUT2D eigenvalue weighted by molar-refractivity contribution is 7.99. The van der Waals surface area contributed by atoms with Crippen molar-refractivity contribution in [3.63, 3.8) is 0 Å². The van der Waals surface area contributed by atoms with Crippen molar-refractivity contribution >= 4 is 51.6 Å². The standard InChI is InChI=1S/C21H23ClN4O4S2/c1-5-15-10-16(20(28)29-4)19(32-15)23-17(27)11-31-21-25-24-18(26(21)3)12(2)30-14-8-6-7-13(22)9-14/h6-10,12H,5,11H2,1-4H3,(H,23,27). The predicted octanol–water partition coefficient (Wildman–Crippen LogP) is 4.75. The van der Waals surface area contributed by atoms with Crippen molar-refractivity contribution in [2.45, 2.75) is 31.5 Å². The third kappa shape index (κ3) is 5.81. The molecule has 0 saturated heterocycles. The summed E-state index contributed by atoms with van der Waals surface area (Å²) in [5.41, 5.74) is 0.362. The number of amides is 1. The van der Waals surface area contributed by atoms with Crippen molar-refractivity contribution in [3.8, 4) is 5.75 Å². The number of rotatable bonds is 9. The highest BCUT2D eigenvalue weighted by Gasteiger charge is 2.20. The second-order valence-electron chi connectivity index (χ2n) is 6.75. The molecule has 3 aromatic rings. The number of hydrogen-bond donors (Lipinski definition) is 1. The fourth-order valence-corrected chi connectivity index (χ4v) is 4.77. The molecule has 0 bridgehead atoms. The maximum Gasteiger partial charge on any atom is 0.340 e. The molecule has 0 aliphatic carbocycles. The van der Waals surface area contributed by atoms with Crippen LogP contribution in [-0.4, -0.2) is 39.5 Å². The number of thiophene rings is 1. The molecule has 0 fully saturated rings. The molecule has 0 saturated carbocycles. The maximum absolute atomic E-state index is 12.5. The third-order valence-electron chi connectivity index (χ3n) is 4.46. The number of esters is 1. The molecule has 170 valence electrons. The molecule has 0 aliphatic rings. The molecule has 1 amide bonds. The predicted molar refractivity (Wildman–Crippen MR) is 126 cm³/mol. The Hall–Kier alpha value is -2.56. The molecule has 1 atom stereocenters. The molecule has 1 N–H and O–H groups in total. The zero-order chi connectivity index (χ0) is 23.3. The molecule has 1 aromatic carbocycles. The van der Waals surface area contributed by atoms with Crippen LogP contribution >= 0.6 is 34.7 Å². The molecule has 1 unspecified atom stereocenters. The summed E-state index contributed by atoms with van der Waals surface area (Å²) in [5, 5.41) is 12.8. The lowest BCUT2D eigenvalue weighted by Gasteiger charge is -2.14. The van der Waals surface area contributed by atoms with Crippen LogP contribution in [-0.2, 0) is 23.0 Å². The lowest BCUT2D eigenvalue weighted by Crippen LogP contribution is -2.16. The van der Waals surface area contributed by atoms with Crippen molar-refractivity contribution in [2.24, 2.45) is 7.05 Å². The van der Waals surface area contributed by atoms with Gasteiger partial charge >= 0.3 is 5.97 Å². The minimum Gasteiger partial charge on any atom is -0.483 e. The van der Waals surface area contributed by atoms with E-state index in [0.717, 1.165) is 11.3 Å². The molecular formula is C21H23ClN4O4S2. The third-order valence-corrected chi connectivity index (χ3v) is 6.91.